The van der Waals surface area contributed by atoms with Gasteiger partial charge < -0.3 is 4.74 Å². The third kappa shape index (κ3) is 5.31. The molecule has 2 aromatic heterocycles. The van der Waals surface area contributed by atoms with Gasteiger partial charge in [0.05, 0.1) is 22.7 Å². The van der Waals surface area contributed by atoms with E-state index in [9.17, 15) is 13.2 Å². The highest BCUT2D eigenvalue weighted by Gasteiger charge is 2.31. The van der Waals surface area contributed by atoms with Crippen molar-refractivity contribution in [3.63, 3.8) is 0 Å². The number of amides is 1. The molecule has 1 unspecified atom stereocenters. The fraction of sp³-hybridized carbons (Fsp3) is 0.370. The highest BCUT2D eigenvalue weighted by atomic mass is 32.2. The number of piperidine rings is 1. The smallest absolute Gasteiger partial charge is 0.260 e. The molecule has 1 saturated heterocycles. The lowest BCUT2D eigenvalue weighted by molar-refractivity contribution is 0.0985. The predicted octanol–water partition coefficient (Wildman–Crippen LogP) is 4.80. The number of hydrogen-bond acceptors (Lipinski definition) is 7. The Morgan fingerprint density at radius 1 is 1.16 bits per heavy atom. The summed E-state index contributed by atoms with van der Waals surface area (Å²) in [5.41, 5.74) is 1.10. The van der Waals surface area contributed by atoms with Crippen molar-refractivity contribution < 1.29 is 17.9 Å². The zero-order valence-corrected chi connectivity index (χ0v) is 23.1. The number of hydrogen-bond donors (Lipinski definition) is 0. The van der Waals surface area contributed by atoms with E-state index in [4.69, 9.17) is 9.72 Å². The van der Waals surface area contributed by atoms with Crippen LogP contribution < -0.4 is 9.64 Å². The van der Waals surface area contributed by atoms with E-state index in [1.807, 2.05) is 44.3 Å². The van der Waals surface area contributed by atoms with Crippen LogP contribution >= 0.6 is 11.3 Å². The Morgan fingerprint density at radius 2 is 1.97 bits per heavy atom. The van der Waals surface area contributed by atoms with Crippen molar-refractivity contribution in [2.75, 3.05) is 24.6 Å². The summed E-state index contributed by atoms with van der Waals surface area (Å²) < 4.78 is 36.5. The maximum Gasteiger partial charge on any atom is 0.260 e. The molecule has 1 atom stereocenters. The van der Waals surface area contributed by atoms with Gasteiger partial charge in [-0.1, -0.05) is 23.8 Å². The summed E-state index contributed by atoms with van der Waals surface area (Å²) in [4.78, 5) is 20.4. The van der Waals surface area contributed by atoms with E-state index in [2.05, 4.69) is 5.10 Å². The average molecular weight is 554 g/mol. The second kappa shape index (κ2) is 11.2. The Hall–Kier alpha value is -3.28. The van der Waals surface area contributed by atoms with Crippen molar-refractivity contribution in [3.8, 4) is 5.75 Å². The van der Waals surface area contributed by atoms with E-state index in [0.29, 0.717) is 48.2 Å². The number of sulfonamides is 1. The molecule has 4 aromatic rings. The molecule has 200 valence electrons. The monoisotopic (exact) mass is 553 g/mol. The summed E-state index contributed by atoms with van der Waals surface area (Å²) in [7, 11) is -3.62. The van der Waals surface area contributed by atoms with Gasteiger partial charge in [-0.15, -0.1) is 0 Å². The van der Waals surface area contributed by atoms with Crippen LogP contribution in [-0.2, 0) is 16.6 Å². The number of carbonyl (C=O) groups excluding carboxylic acids is 1. The zero-order valence-electron chi connectivity index (χ0n) is 21.5. The number of fused-ring (bicyclic) bond motifs is 1. The molecular weight excluding hydrogens is 522 g/mol. The quantitative estimate of drug-likeness (QED) is 0.295. The van der Waals surface area contributed by atoms with E-state index in [0.717, 1.165) is 24.0 Å². The van der Waals surface area contributed by atoms with E-state index < -0.39 is 10.0 Å². The molecule has 1 amide bonds. The second-order valence-electron chi connectivity index (χ2n) is 9.24. The van der Waals surface area contributed by atoms with E-state index in [1.165, 1.54) is 23.5 Å². The molecule has 2 aromatic carbocycles. The van der Waals surface area contributed by atoms with E-state index >= 15 is 0 Å². The van der Waals surface area contributed by atoms with Crippen LogP contribution in [-0.4, -0.2) is 59.1 Å². The van der Waals surface area contributed by atoms with Gasteiger partial charge in [0.25, 0.3) is 5.91 Å². The molecule has 1 aliphatic heterocycles. The first-order valence-corrected chi connectivity index (χ1v) is 15.1. The SMILES string of the molecule is CCOc1cccc2sc(N(CCn3cccn3)C(=O)c3ccc(S(=O)(=O)N4CCCCC4C)cc3)nc12. The first-order chi connectivity index (χ1) is 18.4. The Balaban J connectivity index is 1.45. The summed E-state index contributed by atoms with van der Waals surface area (Å²) >= 11 is 1.41. The van der Waals surface area contributed by atoms with Crippen molar-refractivity contribution in [1.82, 2.24) is 19.1 Å². The Bertz CT molecular complexity index is 1500. The molecule has 9 nitrogen and oxygen atoms in total. The number of nitrogens with zero attached hydrogens (tertiary/aromatic N) is 5. The minimum absolute atomic E-state index is 0.0338. The molecule has 38 heavy (non-hydrogen) atoms. The highest BCUT2D eigenvalue weighted by molar-refractivity contribution is 7.89. The number of rotatable bonds is 9. The molecule has 11 heteroatoms. The average Bonchev–Trinajstić information content (AvgIpc) is 3.60. The van der Waals surface area contributed by atoms with Gasteiger partial charge in [0.1, 0.15) is 11.3 Å². The number of aromatic nitrogens is 3. The fourth-order valence-electron chi connectivity index (χ4n) is 4.71. The maximum absolute atomic E-state index is 13.8. The van der Waals surface area contributed by atoms with Crippen LogP contribution in [0.4, 0.5) is 5.13 Å². The van der Waals surface area contributed by atoms with Crippen molar-refractivity contribution in [3.05, 3.63) is 66.5 Å². The molecule has 0 radical (unpaired) electrons. The molecule has 1 fully saturated rings. The molecular formula is C27H31N5O4S2. The third-order valence-corrected chi connectivity index (χ3v) is 9.78. The number of para-hydroxylation sites is 1. The largest absolute Gasteiger partial charge is 0.492 e. The minimum Gasteiger partial charge on any atom is -0.492 e. The van der Waals surface area contributed by atoms with Gasteiger partial charge in [0.15, 0.2) is 5.13 Å². The molecule has 0 N–H and O–H groups in total. The molecule has 1 aliphatic rings. The lowest BCUT2D eigenvalue weighted by Crippen LogP contribution is -2.41. The molecule has 5 rings (SSSR count). The number of thiazole rings is 1. The van der Waals surface area contributed by atoms with Crippen molar-refractivity contribution in [1.29, 1.82) is 0 Å². The molecule has 0 aliphatic carbocycles. The predicted molar refractivity (Wildman–Crippen MR) is 148 cm³/mol. The zero-order chi connectivity index (χ0) is 26.7. The molecule has 0 bridgehead atoms. The van der Waals surface area contributed by atoms with Crippen molar-refractivity contribution >= 4 is 42.6 Å². The van der Waals surface area contributed by atoms with Crippen LogP contribution in [0.5, 0.6) is 5.75 Å². The van der Waals surface area contributed by atoms with Crippen LogP contribution in [0.1, 0.15) is 43.5 Å². The summed E-state index contributed by atoms with van der Waals surface area (Å²) in [5, 5.41) is 4.80. The van der Waals surface area contributed by atoms with Gasteiger partial charge in [-0.2, -0.15) is 9.40 Å². The van der Waals surface area contributed by atoms with E-state index in [-0.39, 0.29) is 16.8 Å². The van der Waals surface area contributed by atoms with Crippen LogP contribution in [0.3, 0.4) is 0 Å². The first kappa shape index (κ1) is 26.3. The standard InChI is InChI=1S/C27H31N5O4S2/c1-3-36-23-9-6-10-24-25(23)29-27(37-24)31(19-18-30-16-7-15-28-30)26(33)21-11-13-22(14-12-21)38(34,35)32-17-5-4-8-20(32)2/h6-7,9-16,20H,3-5,8,17-19H2,1-2H3. The molecule has 0 saturated carbocycles. The number of anilines is 1. The van der Waals surface area contributed by atoms with Gasteiger partial charge in [-0.3, -0.25) is 14.4 Å². The number of benzene rings is 2. The second-order valence-corrected chi connectivity index (χ2v) is 12.1. The summed E-state index contributed by atoms with van der Waals surface area (Å²) in [6.45, 7) is 5.72. The summed E-state index contributed by atoms with van der Waals surface area (Å²) in [6.07, 6.45) is 6.29. The Morgan fingerprint density at radius 3 is 2.68 bits per heavy atom. The van der Waals surface area contributed by atoms with Crippen molar-refractivity contribution in [2.45, 2.75) is 50.6 Å². The molecule has 0 spiro atoms. The topological polar surface area (TPSA) is 97.6 Å². The minimum atomic E-state index is -3.62. The summed E-state index contributed by atoms with van der Waals surface area (Å²) in [6, 6.07) is 13.8. The lowest BCUT2D eigenvalue weighted by Gasteiger charge is -2.32. The summed E-state index contributed by atoms with van der Waals surface area (Å²) in [5.74, 6) is 0.415. The third-order valence-electron chi connectivity index (χ3n) is 6.71. The van der Waals surface area contributed by atoms with Crippen molar-refractivity contribution in [2.24, 2.45) is 0 Å². The van der Waals surface area contributed by atoms with Gasteiger partial charge in [0, 0.05) is 37.1 Å². The Kier molecular flexibility index (Phi) is 7.78. The van der Waals surface area contributed by atoms with Crippen LogP contribution in [0, 0.1) is 0 Å². The van der Waals surface area contributed by atoms with Crippen LogP contribution in [0.15, 0.2) is 65.8 Å². The fourth-order valence-corrected chi connectivity index (χ4v) is 7.41. The van der Waals surface area contributed by atoms with Gasteiger partial charge in [0.2, 0.25) is 10.0 Å². The number of ether oxygens (including phenoxy) is 1. The molecule has 3 heterocycles. The van der Waals surface area contributed by atoms with E-state index in [1.54, 1.807) is 32.2 Å². The van der Waals surface area contributed by atoms with Gasteiger partial charge in [-0.25, -0.2) is 13.4 Å². The van der Waals surface area contributed by atoms with Crippen LogP contribution in [0.25, 0.3) is 10.2 Å². The highest BCUT2D eigenvalue weighted by Crippen LogP contribution is 2.35. The lowest BCUT2D eigenvalue weighted by atomic mass is 10.1. The van der Waals surface area contributed by atoms with Gasteiger partial charge in [-0.05, 0) is 69.2 Å². The van der Waals surface area contributed by atoms with Gasteiger partial charge >= 0.3 is 0 Å². The van der Waals surface area contributed by atoms with Crippen LogP contribution in [0.2, 0.25) is 0 Å². The first-order valence-electron chi connectivity index (χ1n) is 12.8. The maximum atomic E-state index is 13.8. The number of carbonyl (C=O) groups is 1. The normalized spacial score (nSPS) is 16.5. The Labute approximate surface area is 226 Å².